The molecule has 0 atom stereocenters. The van der Waals surface area contributed by atoms with E-state index in [1.165, 1.54) is 0 Å². The van der Waals surface area contributed by atoms with Gasteiger partial charge in [-0.05, 0) is 30.7 Å². The first-order chi connectivity index (χ1) is 10.7. The van der Waals surface area contributed by atoms with Crippen LogP contribution in [0.4, 0.5) is 5.69 Å². The molecule has 120 valence electrons. The van der Waals surface area contributed by atoms with Crippen molar-refractivity contribution in [3.05, 3.63) is 35.0 Å². The summed E-state index contributed by atoms with van der Waals surface area (Å²) in [4.78, 5) is 6.69. The van der Waals surface area contributed by atoms with Gasteiger partial charge in [-0.25, -0.2) is 0 Å². The number of hydrogen-bond acceptors (Lipinski definition) is 3. The molecule has 0 aliphatic carbocycles. The third kappa shape index (κ3) is 4.63. The lowest BCUT2D eigenvalue weighted by molar-refractivity contribution is 0.319. The van der Waals surface area contributed by atoms with Crippen LogP contribution < -0.4 is 5.32 Å². The van der Waals surface area contributed by atoms with Crippen LogP contribution in [0.25, 0.3) is 10.9 Å². The minimum atomic E-state index is 0.618. The minimum absolute atomic E-state index is 0.618. The summed E-state index contributed by atoms with van der Waals surface area (Å²) in [6.07, 6.45) is 1.87. The molecule has 0 aliphatic heterocycles. The van der Waals surface area contributed by atoms with Crippen LogP contribution in [0, 0.1) is 6.92 Å². The summed E-state index contributed by atoms with van der Waals surface area (Å²) in [6.45, 7) is 5.48. The van der Waals surface area contributed by atoms with E-state index < -0.39 is 0 Å². The minimum Gasteiger partial charge on any atom is -0.383 e. The topological polar surface area (TPSA) is 28.2 Å². The molecular weight excluding hydrogens is 341 g/mol. The second kappa shape index (κ2) is 8.78. The average molecular weight is 361 g/mol. The van der Waals surface area contributed by atoms with Crippen molar-refractivity contribution in [1.82, 2.24) is 9.88 Å². The van der Waals surface area contributed by atoms with Gasteiger partial charge in [-0.2, -0.15) is 0 Å². The molecule has 6 heteroatoms. The Labute approximate surface area is 146 Å². The fourth-order valence-corrected chi connectivity index (χ4v) is 3.06. The molecule has 1 aromatic heterocycles. The maximum absolute atomic E-state index is 6.03. The van der Waals surface area contributed by atoms with Gasteiger partial charge < -0.3 is 5.32 Å². The molecule has 3 nitrogen and oxygen atoms in total. The standard InChI is InChI=1S/C16H20Cl3N3/c1-12-11-21-15-10-13(19)2-3-14(15)16(12)20-6-9-22(7-4-17)8-5-18/h2-3,10-11H,4-9H2,1H3,(H,20,21). The molecule has 1 N–H and O–H groups in total. The molecule has 2 rings (SSSR count). The molecule has 0 unspecified atom stereocenters. The van der Waals surface area contributed by atoms with Crippen LogP contribution in [0.2, 0.25) is 5.02 Å². The lowest BCUT2D eigenvalue weighted by atomic mass is 10.1. The fraction of sp³-hybridized carbons (Fsp3) is 0.438. The molecule has 0 fully saturated rings. The number of benzene rings is 1. The highest BCUT2D eigenvalue weighted by molar-refractivity contribution is 6.31. The first kappa shape index (κ1) is 17.6. The van der Waals surface area contributed by atoms with Gasteiger partial charge in [0.15, 0.2) is 0 Å². The lowest BCUT2D eigenvalue weighted by Gasteiger charge is -2.21. The highest BCUT2D eigenvalue weighted by atomic mass is 35.5. The third-order valence-electron chi connectivity index (χ3n) is 3.55. The summed E-state index contributed by atoms with van der Waals surface area (Å²) in [5.74, 6) is 1.24. The second-order valence-corrected chi connectivity index (χ2v) is 6.32. The summed E-state index contributed by atoms with van der Waals surface area (Å²) in [6, 6.07) is 5.79. The highest BCUT2D eigenvalue weighted by Crippen LogP contribution is 2.27. The van der Waals surface area contributed by atoms with Gasteiger partial charge in [0, 0.05) is 60.2 Å². The summed E-state index contributed by atoms with van der Waals surface area (Å²) in [5, 5.41) is 5.30. The number of nitrogens with zero attached hydrogens (tertiary/aromatic N) is 2. The van der Waals surface area contributed by atoms with Crippen molar-refractivity contribution in [3.8, 4) is 0 Å². The number of aromatic nitrogens is 1. The molecule has 0 saturated heterocycles. The first-order valence-electron chi connectivity index (χ1n) is 7.28. The van der Waals surface area contributed by atoms with Crippen molar-refractivity contribution in [1.29, 1.82) is 0 Å². The van der Waals surface area contributed by atoms with Gasteiger partial charge in [0.2, 0.25) is 0 Å². The van der Waals surface area contributed by atoms with Crippen molar-refractivity contribution < 1.29 is 0 Å². The molecule has 1 aromatic carbocycles. The van der Waals surface area contributed by atoms with Crippen molar-refractivity contribution in [3.63, 3.8) is 0 Å². The number of aryl methyl sites for hydroxylation is 1. The zero-order chi connectivity index (χ0) is 15.9. The monoisotopic (exact) mass is 359 g/mol. The normalized spacial score (nSPS) is 11.3. The van der Waals surface area contributed by atoms with E-state index in [1.807, 2.05) is 24.4 Å². The molecule has 0 saturated carbocycles. The van der Waals surface area contributed by atoms with Gasteiger partial charge in [0.1, 0.15) is 0 Å². The molecular formula is C16H20Cl3N3. The summed E-state index contributed by atoms with van der Waals surface area (Å²) in [5.41, 5.74) is 3.13. The van der Waals surface area contributed by atoms with E-state index in [0.717, 1.165) is 48.3 Å². The van der Waals surface area contributed by atoms with E-state index in [2.05, 4.69) is 22.1 Å². The van der Waals surface area contributed by atoms with Gasteiger partial charge in [0.25, 0.3) is 0 Å². The number of pyridine rings is 1. The van der Waals surface area contributed by atoms with E-state index in [0.29, 0.717) is 16.8 Å². The van der Waals surface area contributed by atoms with Crippen molar-refractivity contribution in [2.75, 3.05) is 43.3 Å². The summed E-state index contributed by atoms with van der Waals surface area (Å²) >= 11 is 17.7. The van der Waals surface area contributed by atoms with Gasteiger partial charge in [-0.3, -0.25) is 9.88 Å². The molecule has 0 spiro atoms. The van der Waals surface area contributed by atoms with E-state index in [9.17, 15) is 0 Å². The quantitative estimate of drug-likeness (QED) is 0.708. The number of nitrogens with one attached hydrogen (secondary N) is 1. The average Bonchev–Trinajstić information content (AvgIpc) is 2.50. The molecule has 0 aliphatic rings. The predicted octanol–water partition coefficient (Wildman–Crippen LogP) is 4.39. The van der Waals surface area contributed by atoms with Gasteiger partial charge in [-0.15, -0.1) is 23.2 Å². The molecule has 1 heterocycles. The van der Waals surface area contributed by atoms with Crippen LogP contribution in [-0.2, 0) is 0 Å². The van der Waals surface area contributed by atoms with Crippen LogP contribution in [0.3, 0.4) is 0 Å². The first-order valence-corrected chi connectivity index (χ1v) is 8.73. The van der Waals surface area contributed by atoms with E-state index >= 15 is 0 Å². The number of fused-ring (bicyclic) bond motifs is 1. The Morgan fingerprint density at radius 2 is 1.86 bits per heavy atom. The van der Waals surface area contributed by atoms with Crippen LogP contribution in [0.5, 0.6) is 0 Å². The Hall–Kier alpha value is -0.740. The predicted molar refractivity (Wildman–Crippen MR) is 97.9 cm³/mol. The summed E-state index contributed by atoms with van der Waals surface area (Å²) < 4.78 is 0. The molecule has 22 heavy (non-hydrogen) atoms. The number of halogens is 3. The van der Waals surface area contributed by atoms with Crippen molar-refractivity contribution in [2.45, 2.75) is 6.92 Å². The fourth-order valence-electron chi connectivity index (χ4n) is 2.41. The van der Waals surface area contributed by atoms with E-state index in [4.69, 9.17) is 34.8 Å². The van der Waals surface area contributed by atoms with Crippen molar-refractivity contribution in [2.24, 2.45) is 0 Å². The molecule has 0 bridgehead atoms. The third-order valence-corrected chi connectivity index (χ3v) is 4.13. The van der Waals surface area contributed by atoms with E-state index in [1.54, 1.807) is 0 Å². The van der Waals surface area contributed by atoms with Crippen LogP contribution in [0.15, 0.2) is 24.4 Å². The van der Waals surface area contributed by atoms with Gasteiger partial charge in [-0.1, -0.05) is 11.6 Å². The molecule has 2 aromatic rings. The van der Waals surface area contributed by atoms with E-state index in [-0.39, 0.29) is 0 Å². The lowest BCUT2D eigenvalue weighted by Crippen LogP contribution is -2.32. The SMILES string of the molecule is Cc1cnc2cc(Cl)ccc2c1NCCN(CCCl)CCCl. The van der Waals surface area contributed by atoms with Crippen molar-refractivity contribution >= 4 is 51.4 Å². The molecule has 0 radical (unpaired) electrons. The Morgan fingerprint density at radius 1 is 1.14 bits per heavy atom. The zero-order valence-corrected chi connectivity index (χ0v) is 14.8. The molecule has 0 amide bonds. The number of rotatable bonds is 8. The number of anilines is 1. The Balaban J connectivity index is 2.09. The number of alkyl halides is 2. The zero-order valence-electron chi connectivity index (χ0n) is 12.6. The maximum atomic E-state index is 6.03. The van der Waals surface area contributed by atoms with Gasteiger partial charge in [0.05, 0.1) is 5.52 Å². The largest absolute Gasteiger partial charge is 0.383 e. The Morgan fingerprint density at radius 3 is 2.55 bits per heavy atom. The summed E-state index contributed by atoms with van der Waals surface area (Å²) in [7, 11) is 0. The second-order valence-electron chi connectivity index (χ2n) is 5.12. The van der Waals surface area contributed by atoms with Gasteiger partial charge >= 0.3 is 0 Å². The van der Waals surface area contributed by atoms with Crippen LogP contribution in [-0.4, -0.2) is 47.8 Å². The highest BCUT2D eigenvalue weighted by Gasteiger charge is 2.08. The Bertz CT molecular complexity index is 613. The Kier molecular flexibility index (Phi) is 7.03. The number of hydrogen-bond donors (Lipinski definition) is 1. The smallest absolute Gasteiger partial charge is 0.0737 e. The van der Waals surface area contributed by atoms with Crippen LogP contribution in [0.1, 0.15) is 5.56 Å². The maximum Gasteiger partial charge on any atom is 0.0737 e. The van der Waals surface area contributed by atoms with Crippen LogP contribution >= 0.6 is 34.8 Å².